The molecule has 2 aliphatic heterocycles. The molecular weight excluding hydrogens is 572 g/mol. The topological polar surface area (TPSA) is 113 Å². The fourth-order valence-corrected chi connectivity index (χ4v) is 7.46. The molecule has 0 bridgehead atoms. The van der Waals surface area contributed by atoms with Gasteiger partial charge in [0.05, 0.1) is 32.8 Å². The summed E-state index contributed by atoms with van der Waals surface area (Å²) in [6.45, 7) is 10.8. The van der Waals surface area contributed by atoms with Gasteiger partial charge in [0.15, 0.2) is 11.5 Å². The predicted molar refractivity (Wildman–Crippen MR) is 172 cm³/mol. The third kappa shape index (κ3) is 5.71. The molecule has 3 heterocycles. The monoisotopic (exact) mass is 618 g/mol. The lowest BCUT2D eigenvalue weighted by molar-refractivity contribution is -0.166. The Labute approximate surface area is 265 Å². The number of carbonyl (C=O) groups excluding carboxylic acids is 3. The number of aromatic amines is 1. The Kier molecular flexibility index (Phi) is 9.05. The number of nitrogens with zero attached hydrogens (tertiary/aromatic N) is 2. The summed E-state index contributed by atoms with van der Waals surface area (Å²) in [5, 5.41) is 4.01. The van der Waals surface area contributed by atoms with E-state index in [2.05, 4.69) is 10.3 Å². The zero-order valence-corrected chi connectivity index (χ0v) is 27.7. The van der Waals surface area contributed by atoms with Crippen LogP contribution >= 0.6 is 0 Å². The number of piperidine rings is 1. The highest BCUT2D eigenvalue weighted by Crippen LogP contribution is 2.50. The molecule has 2 aromatic carbocycles. The largest absolute Gasteiger partial charge is 0.497 e. The molecule has 1 fully saturated rings. The average molecular weight is 619 g/mol. The van der Waals surface area contributed by atoms with Gasteiger partial charge in [-0.25, -0.2) is 0 Å². The van der Waals surface area contributed by atoms with Crippen LogP contribution in [0.3, 0.4) is 0 Å². The first-order chi connectivity index (χ1) is 21.4. The number of methoxy groups -OCH3 is 3. The van der Waals surface area contributed by atoms with E-state index in [9.17, 15) is 14.4 Å². The van der Waals surface area contributed by atoms with Crippen molar-refractivity contribution in [3.05, 3.63) is 53.2 Å². The number of nitrogens with one attached hydrogen (secondary N) is 2. The third-order valence-electron chi connectivity index (χ3n) is 9.61. The van der Waals surface area contributed by atoms with Gasteiger partial charge in [0.1, 0.15) is 5.75 Å². The maximum atomic E-state index is 14.6. The summed E-state index contributed by atoms with van der Waals surface area (Å²) in [4.78, 5) is 49.5. The Morgan fingerprint density at radius 1 is 1.02 bits per heavy atom. The van der Waals surface area contributed by atoms with Gasteiger partial charge in [-0.05, 0) is 88.9 Å². The van der Waals surface area contributed by atoms with Gasteiger partial charge in [-0.1, -0.05) is 6.07 Å². The summed E-state index contributed by atoms with van der Waals surface area (Å²) in [6.07, 6.45) is 0.923. The lowest BCUT2D eigenvalue weighted by Crippen LogP contribution is -2.65. The number of benzene rings is 2. The summed E-state index contributed by atoms with van der Waals surface area (Å²) in [7, 11) is 4.79. The molecule has 0 saturated carbocycles. The minimum absolute atomic E-state index is 0.000164. The van der Waals surface area contributed by atoms with Gasteiger partial charge in [-0.3, -0.25) is 14.4 Å². The van der Waals surface area contributed by atoms with Crippen LogP contribution in [0.4, 0.5) is 0 Å². The quantitative estimate of drug-likeness (QED) is 0.338. The van der Waals surface area contributed by atoms with Crippen molar-refractivity contribution in [3.8, 4) is 17.2 Å². The molecule has 1 aromatic heterocycles. The van der Waals surface area contributed by atoms with Gasteiger partial charge in [0.2, 0.25) is 17.7 Å². The summed E-state index contributed by atoms with van der Waals surface area (Å²) in [5.74, 6) is 0.446. The molecule has 0 spiro atoms. The van der Waals surface area contributed by atoms with Crippen molar-refractivity contribution in [1.29, 1.82) is 0 Å². The summed E-state index contributed by atoms with van der Waals surface area (Å²) >= 11 is 0. The van der Waals surface area contributed by atoms with Gasteiger partial charge in [0.25, 0.3) is 0 Å². The van der Waals surface area contributed by atoms with Crippen molar-refractivity contribution in [2.24, 2.45) is 11.8 Å². The van der Waals surface area contributed by atoms with Crippen LogP contribution in [-0.2, 0) is 32.9 Å². The molecule has 3 amide bonds. The third-order valence-corrected chi connectivity index (χ3v) is 9.61. The average Bonchev–Trinajstić information content (AvgIpc) is 3.40. The molecule has 3 atom stereocenters. The Balaban J connectivity index is 1.46. The number of rotatable bonds is 10. The number of hydrogen-bond donors (Lipinski definition) is 2. The van der Waals surface area contributed by atoms with Crippen molar-refractivity contribution in [2.45, 2.75) is 78.0 Å². The smallest absolute Gasteiger partial charge is 0.228 e. The molecule has 3 aromatic rings. The van der Waals surface area contributed by atoms with Crippen molar-refractivity contribution < 1.29 is 28.6 Å². The molecule has 10 nitrogen and oxygen atoms in total. The molecule has 0 aliphatic carbocycles. The van der Waals surface area contributed by atoms with E-state index in [4.69, 9.17) is 14.2 Å². The number of amides is 3. The lowest BCUT2D eigenvalue weighted by atomic mass is 9.67. The van der Waals surface area contributed by atoms with Gasteiger partial charge >= 0.3 is 0 Å². The first-order valence-corrected chi connectivity index (χ1v) is 15.7. The molecule has 5 rings (SSSR count). The molecule has 0 radical (unpaired) electrons. The number of carbonyl (C=O) groups is 3. The van der Waals surface area contributed by atoms with E-state index in [1.807, 2.05) is 74.8 Å². The number of ether oxygens (including phenoxy) is 3. The number of aromatic nitrogens is 1. The van der Waals surface area contributed by atoms with E-state index in [-0.39, 0.29) is 49.2 Å². The van der Waals surface area contributed by atoms with Crippen molar-refractivity contribution >= 4 is 28.6 Å². The summed E-state index contributed by atoms with van der Waals surface area (Å²) in [6, 6.07) is 11.3. The zero-order valence-electron chi connectivity index (χ0n) is 27.7. The normalized spacial score (nSPS) is 21.0. The number of hydrogen-bond acceptors (Lipinski definition) is 6. The van der Waals surface area contributed by atoms with Gasteiger partial charge < -0.3 is 34.3 Å². The zero-order chi connectivity index (χ0) is 32.6. The highest BCUT2D eigenvalue weighted by molar-refractivity contribution is 5.93. The first kappa shape index (κ1) is 32.2. The number of fused-ring (bicyclic) bond motifs is 5. The van der Waals surface area contributed by atoms with Crippen molar-refractivity contribution in [2.75, 3.05) is 27.9 Å². The van der Waals surface area contributed by atoms with Gasteiger partial charge in [0, 0.05) is 54.1 Å². The van der Waals surface area contributed by atoms with Crippen LogP contribution in [-0.4, -0.2) is 72.5 Å². The Morgan fingerprint density at radius 3 is 2.38 bits per heavy atom. The van der Waals surface area contributed by atoms with E-state index in [0.29, 0.717) is 24.5 Å². The summed E-state index contributed by atoms with van der Waals surface area (Å²) < 4.78 is 16.2. The van der Waals surface area contributed by atoms with Crippen LogP contribution in [0.25, 0.3) is 10.9 Å². The highest BCUT2D eigenvalue weighted by Gasteiger charge is 2.57. The maximum absolute atomic E-state index is 14.6. The van der Waals surface area contributed by atoms with E-state index in [1.54, 1.807) is 27.4 Å². The van der Waals surface area contributed by atoms with Crippen LogP contribution in [0.5, 0.6) is 17.2 Å². The van der Waals surface area contributed by atoms with Crippen LogP contribution in [0.1, 0.15) is 64.3 Å². The van der Waals surface area contributed by atoms with Crippen molar-refractivity contribution in [1.82, 2.24) is 20.1 Å². The number of H-pyrrole nitrogens is 1. The highest BCUT2D eigenvalue weighted by atomic mass is 16.5. The second-order valence-corrected chi connectivity index (χ2v) is 12.9. The van der Waals surface area contributed by atoms with Gasteiger partial charge in [-0.15, -0.1) is 0 Å². The molecule has 2 aliphatic rings. The molecule has 45 heavy (non-hydrogen) atoms. The predicted octanol–water partition coefficient (Wildman–Crippen LogP) is 4.78. The minimum Gasteiger partial charge on any atom is -0.497 e. The van der Waals surface area contributed by atoms with E-state index < -0.39 is 17.4 Å². The molecule has 1 saturated heterocycles. The second-order valence-electron chi connectivity index (χ2n) is 12.9. The minimum atomic E-state index is -0.900. The summed E-state index contributed by atoms with van der Waals surface area (Å²) in [5.41, 5.74) is 2.90. The van der Waals surface area contributed by atoms with Crippen LogP contribution < -0.4 is 19.5 Å². The Bertz CT molecular complexity index is 1590. The fraction of sp³-hybridized carbons (Fsp3) is 0.514. The molecular formula is C35H46N4O6. The van der Waals surface area contributed by atoms with E-state index >= 15 is 0 Å². The van der Waals surface area contributed by atoms with Crippen LogP contribution in [0, 0.1) is 11.8 Å². The Morgan fingerprint density at radius 2 is 1.73 bits per heavy atom. The molecule has 242 valence electrons. The van der Waals surface area contributed by atoms with Crippen LogP contribution in [0.15, 0.2) is 36.4 Å². The first-order valence-electron chi connectivity index (χ1n) is 15.7. The van der Waals surface area contributed by atoms with Gasteiger partial charge in [-0.2, -0.15) is 0 Å². The molecule has 10 heteroatoms. The lowest BCUT2D eigenvalue weighted by Gasteiger charge is -2.54. The fourth-order valence-electron chi connectivity index (χ4n) is 7.46. The Hall–Kier alpha value is -4.21. The molecule has 2 N–H and O–H groups in total. The standard InChI is InChI=1S/C35H46N4O6/c1-20(2)39(21(3)4)34(42)27-16-23(17-31(40)36-19-22-9-12-29(44-7)30(15-22)45-8)33(41)38-14-13-25-26-18-24(43-6)10-11-28(26)37-32(25)35(27,38)5/h9-12,15,18,20-21,23,27,37H,13-14,16-17,19H2,1-8H3,(H,36,40)/t23?,27-,35+/m1/s1. The SMILES string of the molecule is COc1ccc2[nH]c3c(c2c1)CCN1C(=O)C(CC(=O)NCc2ccc(OC)c(OC)c2)C[C@H](C(=O)N(C(C)C)C(C)C)[C@@]31C. The maximum Gasteiger partial charge on any atom is 0.228 e. The van der Waals surface area contributed by atoms with Crippen molar-refractivity contribution in [3.63, 3.8) is 0 Å². The van der Waals surface area contributed by atoms with Crippen LogP contribution in [0.2, 0.25) is 0 Å². The van der Waals surface area contributed by atoms with E-state index in [0.717, 1.165) is 33.5 Å². The van der Waals surface area contributed by atoms with E-state index in [1.165, 1.54) is 0 Å². The second kappa shape index (κ2) is 12.7. The molecule has 1 unspecified atom stereocenters.